The van der Waals surface area contributed by atoms with Crippen molar-refractivity contribution in [3.05, 3.63) is 48.2 Å². The number of aromatic nitrogens is 4. The Bertz CT molecular complexity index is 963. The van der Waals surface area contributed by atoms with Crippen molar-refractivity contribution in [2.45, 2.75) is 57.7 Å². The van der Waals surface area contributed by atoms with Gasteiger partial charge in [-0.15, -0.1) is 0 Å². The summed E-state index contributed by atoms with van der Waals surface area (Å²) in [7, 11) is 0. The summed E-state index contributed by atoms with van der Waals surface area (Å²) in [6, 6.07) is 8.41. The van der Waals surface area contributed by atoms with Gasteiger partial charge in [0.2, 0.25) is 0 Å². The van der Waals surface area contributed by atoms with Crippen molar-refractivity contribution in [2.75, 3.05) is 0 Å². The number of H-pyrrole nitrogens is 1. The Hall–Kier alpha value is -2.80. The zero-order valence-electron chi connectivity index (χ0n) is 16.6. The van der Waals surface area contributed by atoms with E-state index in [2.05, 4.69) is 15.0 Å². The molecule has 0 unspecified atom stereocenters. The van der Waals surface area contributed by atoms with Gasteiger partial charge in [-0.25, -0.2) is 14.4 Å². The molecule has 2 N–H and O–H groups in total. The van der Waals surface area contributed by atoms with E-state index in [1.807, 2.05) is 19.9 Å². The van der Waals surface area contributed by atoms with Crippen molar-refractivity contribution < 1.29 is 14.2 Å². The SMILES string of the molecule is CC(C)Oc1nccc(-c2[nH]c(C3CCC(O)CC3)nc2-c2ccc(F)cc2)n1. The van der Waals surface area contributed by atoms with Gasteiger partial charge in [0.25, 0.3) is 0 Å². The molecule has 0 saturated heterocycles. The normalized spacial score (nSPS) is 19.5. The lowest BCUT2D eigenvalue weighted by Gasteiger charge is -2.23. The predicted octanol–water partition coefficient (Wildman–Crippen LogP) is 4.48. The van der Waals surface area contributed by atoms with E-state index in [9.17, 15) is 9.50 Å². The van der Waals surface area contributed by atoms with Crippen molar-refractivity contribution >= 4 is 0 Å². The van der Waals surface area contributed by atoms with E-state index in [1.54, 1.807) is 18.3 Å². The average Bonchev–Trinajstić information content (AvgIpc) is 3.14. The molecule has 0 spiro atoms. The van der Waals surface area contributed by atoms with Gasteiger partial charge in [-0.2, -0.15) is 4.98 Å². The molecule has 29 heavy (non-hydrogen) atoms. The number of ether oxygens (including phenoxy) is 1. The van der Waals surface area contributed by atoms with E-state index in [-0.39, 0.29) is 23.9 Å². The number of rotatable bonds is 5. The Morgan fingerprint density at radius 1 is 1.07 bits per heavy atom. The predicted molar refractivity (Wildman–Crippen MR) is 108 cm³/mol. The van der Waals surface area contributed by atoms with Gasteiger partial charge >= 0.3 is 6.01 Å². The molecule has 0 atom stereocenters. The van der Waals surface area contributed by atoms with E-state index < -0.39 is 0 Å². The number of imidazole rings is 1. The highest BCUT2D eigenvalue weighted by Crippen LogP contribution is 2.36. The molecule has 7 heteroatoms. The van der Waals surface area contributed by atoms with Crippen molar-refractivity contribution in [1.82, 2.24) is 19.9 Å². The van der Waals surface area contributed by atoms with Crippen LogP contribution in [-0.4, -0.2) is 37.3 Å². The molecule has 1 saturated carbocycles. The highest BCUT2D eigenvalue weighted by molar-refractivity contribution is 5.76. The minimum Gasteiger partial charge on any atom is -0.461 e. The maximum absolute atomic E-state index is 13.4. The second-order valence-electron chi connectivity index (χ2n) is 7.75. The van der Waals surface area contributed by atoms with Crippen LogP contribution >= 0.6 is 0 Å². The molecule has 4 rings (SSSR count). The van der Waals surface area contributed by atoms with Crippen LogP contribution in [0.1, 0.15) is 51.3 Å². The molecule has 2 heterocycles. The first-order valence-corrected chi connectivity index (χ1v) is 10.0. The smallest absolute Gasteiger partial charge is 0.317 e. The maximum Gasteiger partial charge on any atom is 0.317 e. The van der Waals surface area contributed by atoms with Crippen LogP contribution in [0.4, 0.5) is 4.39 Å². The lowest BCUT2D eigenvalue weighted by atomic mass is 9.87. The quantitative estimate of drug-likeness (QED) is 0.664. The van der Waals surface area contributed by atoms with Gasteiger partial charge in [0.15, 0.2) is 0 Å². The minimum absolute atomic E-state index is 0.0344. The third kappa shape index (κ3) is 4.45. The lowest BCUT2D eigenvalue weighted by Crippen LogP contribution is -2.17. The number of aromatic amines is 1. The Morgan fingerprint density at radius 2 is 1.79 bits per heavy atom. The summed E-state index contributed by atoms with van der Waals surface area (Å²) >= 11 is 0. The average molecular weight is 396 g/mol. The maximum atomic E-state index is 13.4. The third-order valence-electron chi connectivity index (χ3n) is 5.15. The third-order valence-corrected chi connectivity index (χ3v) is 5.15. The van der Waals surface area contributed by atoms with Gasteiger partial charge in [-0.3, -0.25) is 0 Å². The first-order valence-electron chi connectivity index (χ1n) is 10.0. The highest BCUT2D eigenvalue weighted by Gasteiger charge is 2.25. The van der Waals surface area contributed by atoms with Gasteiger partial charge in [0, 0.05) is 17.7 Å². The summed E-state index contributed by atoms with van der Waals surface area (Å²) in [6.07, 6.45) is 4.69. The van der Waals surface area contributed by atoms with E-state index >= 15 is 0 Å². The van der Waals surface area contributed by atoms with Crippen LogP contribution in [0.5, 0.6) is 6.01 Å². The van der Waals surface area contributed by atoms with Crippen molar-refractivity contribution in [3.63, 3.8) is 0 Å². The second-order valence-corrected chi connectivity index (χ2v) is 7.75. The number of aliphatic hydroxyl groups excluding tert-OH is 1. The first kappa shape index (κ1) is 19.5. The molecule has 3 aromatic rings. The second kappa shape index (κ2) is 8.29. The van der Waals surface area contributed by atoms with E-state index in [1.165, 1.54) is 12.1 Å². The summed E-state index contributed by atoms with van der Waals surface area (Å²) in [6.45, 7) is 3.84. The number of benzene rings is 1. The van der Waals surface area contributed by atoms with Crippen LogP contribution in [-0.2, 0) is 0 Å². The number of nitrogens with zero attached hydrogens (tertiary/aromatic N) is 3. The number of hydrogen-bond donors (Lipinski definition) is 2. The molecule has 1 aromatic carbocycles. The fourth-order valence-corrected chi connectivity index (χ4v) is 3.68. The summed E-state index contributed by atoms with van der Waals surface area (Å²) in [4.78, 5) is 17.0. The Kier molecular flexibility index (Phi) is 5.58. The zero-order valence-corrected chi connectivity index (χ0v) is 16.6. The van der Waals surface area contributed by atoms with Gasteiger partial charge in [-0.05, 0) is 69.9 Å². The number of nitrogens with one attached hydrogen (secondary N) is 1. The number of halogens is 1. The Morgan fingerprint density at radius 3 is 2.48 bits per heavy atom. The van der Waals surface area contributed by atoms with Gasteiger partial charge in [0.1, 0.15) is 11.6 Å². The molecule has 0 amide bonds. The molecule has 0 radical (unpaired) electrons. The molecule has 1 aliphatic carbocycles. The molecule has 0 aliphatic heterocycles. The zero-order chi connectivity index (χ0) is 20.4. The minimum atomic E-state index is -0.290. The molecule has 6 nitrogen and oxygen atoms in total. The molecular formula is C22H25FN4O2. The number of aliphatic hydroxyl groups is 1. The van der Waals surface area contributed by atoms with Crippen LogP contribution < -0.4 is 4.74 Å². The van der Waals surface area contributed by atoms with Crippen LogP contribution in [0, 0.1) is 5.82 Å². The topological polar surface area (TPSA) is 83.9 Å². The Labute approximate surface area is 169 Å². The highest BCUT2D eigenvalue weighted by atomic mass is 19.1. The molecule has 1 aliphatic rings. The van der Waals surface area contributed by atoms with Crippen LogP contribution in [0.25, 0.3) is 22.6 Å². The summed E-state index contributed by atoms with van der Waals surface area (Å²) < 4.78 is 19.1. The summed E-state index contributed by atoms with van der Waals surface area (Å²) in [5.74, 6) is 0.831. The van der Waals surface area contributed by atoms with E-state index in [0.717, 1.165) is 48.5 Å². The van der Waals surface area contributed by atoms with Gasteiger partial charge in [0.05, 0.1) is 29.3 Å². The fraction of sp³-hybridized carbons (Fsp3) is 0.409. The number of hydrogen-bond acceptors (Lipinski definition) is 5. The van der Waals surface area contributed by atoms with Crippen molar-refractivity contribution in [3.8, 4) is 28.7 Å². The largest absolute Gasteiger partial charge is 0.461 e. The van der Waals surface area contributed by atoms with Crippen LogP contribution in [0.3, 0.4) is 0 Å². The molecule has 152 valence electrons. The molecular weight excluding hydrogens is 371 g/mol. The summed E-state index contributed by atoms with van der Waals surface area (Å²) in [5.41, 5.74) is 2.96. The van der Waals surface area contributed by atoms with E-state index in [0.29, 0.717) is 11.7 Å². The molecule has 1 fully saturated rings. The van der Waals surface area contributed by atoms with Gasteiger partial charge in [-0.1, -0.05) is 0 Å². The standard InChI is InChI=1S/C22H25FN4O2/c1-13(2)29-22-24-12-11-18(25-22)20-19(14-3-7-16(23)8-4-14)26-21(27-20)15-5-9-17(28)10-6-15/h3-4,7-8,11-13,15,17,28H,5-6,9-10H2,1-2H3,(H,26,27). The van der Waals surface area contributed by atoms with Crippen LogP contribution in [0.2, 0.25) is 0 Å². The molecule has 2 aromatic heterocycles. The van der Waals surface area contributed by atoms with Crippen molar-refractivity contribution in [2.24, 2.45) is 0 Å². The lowest BCUT2D eigenvalue weighted by molar-refractivity contribution is 0.121. The Balaban J connectivity index is 1.76. The molecule has 0 bridgehead atoms. The monoisotopic (exact) mass is 396 g/mol. The van der Waals surface area contributed by atoms with Crippen LogP contribution in [0.15, 0.2) is 36.5 Å². The summed E-state index contributed by atoms with van der Waals surface area (Å²) in [5, 5.41) is 9.82. The fourth-order valence-electron chi connectivity index (χ4n) is 3.68. The van der Waals surface area contributed by atoms with Gasteiger partial charge < -0.3 is 14.8 Å². The van der Waals surface area contributed by atoms with E-state index in [4.69, 9.17) is 9.72 Å². The first-order chi connectivity index (χ1) is 14.0. The van der Waals surface area contributed by atoms with Crippen molar-refractivity contribution in [1.29, 1.82) is 0 Å².